The lowest BCUT2D eigenvalue weighted by Gasteiger charge is -2.23. The van der Waals surface area contributed by atoms with E-state index < -0.39 is 9.84 Å². The second-order valence-electron chi connectivity index (χ2n) is 6.56. The lowest BCUT2D eigenvalue weighted by molar-refractivity contribution is 0.168. The van der Waals surface area contributed by atoms with Crippen LogP contribution in [-0.2, 0) is 9.84 Å². The van der Waals surface area contributed by atoms with Crippen molar-refractivity contribution in [3.63, 3.8) is 0 Å². The molecule has 0 aliphatic carbocycles. The first kappa shape index (κ1) is 15.0. The van der Waals surface area contributed by atoms with E-state index in [2.05, 4.69) is 20.8 Å². The third-order valence-electron chi connectivity index (χ3n) is 3.67. The fourth-order valence-electron chi connectivity index (χ4n) is 2.57. The van der Waals surface area contributed by atoms with Crippen LogP contribution < -0.4 is 0 Å². The molecule has 0 amide bonds. The molecule has 2 unspecified atom stereocenters. The Morgan fingerprint density at radius 3 is 2.41 bits per heavy atom. The Morgan fingerprint density at radius 2 is 2.00 bits per heavy atom. The fraction of sp³-hybridized carbons (Fsp3) is 1.00. The van der Waals surface area contributed by atoms with Crippen molar-refractivity contribution in [3.05, 3.63) is 0 Å². The molecule has 1 rings (SSSR count). The molecular weight excluding hydrogens is 236 g/mol. The maximum Gasteiger partial charge on any atom is 0.150 e. The van der Waals surface area contributed by atoms with E-state index in [9.17, 15) is 13.5 Å². The van der Waals surface area contributed by atoms with E-state index in [1.807, 2.05) is 0 Å². The van der Waals surface area contributed by atoms with Crippen LogP contribution in [0, 0.1) is 17.3 Å². The van der Waals surface area contributed by atoms with E-state index >= 15 is 0 Å². The minimum Gasteiger partial charge on any atom is -0.396 e. The minimum absolute atomic E-state index is 0.129. The molecule has 0 radical (unpaired) electrons. The Balaban J connectivity index is 2.39. The largest absolute Gasteiger partial charge is 0.396 e. The van der Waals surface area contributed by atoms with E-state index in [1.54, 1.807) is 0 Å². The quantitative estimate of drug-likeness (QED) is 0.826. The summed E-state index contributed by atoms with van der Waals surface area (Å²) >= 11 is 0. The average molecular weight is 262 g/mol. The third-order valence-corrected chi connectivity index (χ3v) is 5.46. The van der Waals surface area contributed by atoms with Crippen LogP contribution in [0.2, 0.25) is 0 Å². The standard InChI is InChI=1S/C13H26O3S/c1-13(2,3)7-4-5-11(9-14)12-6-8-17(15,16)10-12/h11-12,14H,4-10H2,1-3H3. The molecule has 1 N–H and O–H groups in total. The number of rotatable bonds is 5. The van der Waals surface area contributed by atoms with Crippen molar-refractivity contribution >= 4 is 9.84 Å². The third kappa shape index (κ3) is 5.38. The molecule has 3 nitrogen and oxygen atoms in total. The zero-order valence-electron chi connectivity index (χ0n) is 11.3. The predicted molar refractivity (Wildman–Crippen MR) is 70.6 cm³/mol. The molecular formula is C13H26O3S. The molecule has 1 aliphatic heterocycles. The first-order chi connectivity index (χ1) is 7.73. The highest BCUT2D eigenvalue weighted by Gasteiger charge is 2.33. The van der Waals surface area contributed by atoms with Crippen LogP contribution in [0.4, 0.5) is 0 Å². The van der Waals surface area contributed by atoms with Gasteiger partial charge in [-0.3, -0.25) is 0 Å². The number of hydrogen-bond acceptors (Lipinski definition) is 3. The molecule has 0 aromatic carbocycles. The Bertz CT molecular complexity index is 327. The molecule has 1 heterocycles. The van der Waals surface area contributed by atoms with E-state index in [4.69, 9.17) is 0 Å². The molecule has 1 saturated heterocycles. The van der Waals surface area contributed by atoms with Gasteiger partial charge in [0.2, 0.25) is 0 Å². The maximum atomic E-state index is 11.4. The van der Waals surface area contributed by atoms with Crippen LogP contribution in [0.15, 0.2) is 0 Å². The van der Waals surface area contributed by atoms with Crippen molar-refractivity contribution in [2.75, 3.05) is 18.1 Å². The summed E-state index contributed by atoms with van der Waals surface area (Å²) in [6, 6.07) is 0. The molecule has 102 valence electrons. The van der Waals surface area contributed by atoms with Crippen molar-refractivity contribution in [2.24, 2.45) is 17.3 Å². The summed E-state index contributed by atoms with van der Waals surface area (Å²) in [5.74, 6) is 0.959. The Kier molecular flexibility index (Phi) is 5.02. The maximum absolute atomic E-state index is 11.4. The van der Waals surface area contributed by atoms with Crippen LogP contribution in [0.1, 0.15) is 46.5 Å². The number of hydrogen-bond donors (Lipinski definition) is 1. The van der Waals surface area contributed by atoms with Crippen molar-refractivity contribution in [1.82, 2.24) is 0 Å². The first-order valence-corrected chi connectivity index (χ1v) is 8.37. The zero-order chi connectivity index (χ0) is 13.1. The summed E-state index contributed by atoms with van der Waals surface area (Å²) in [5, 5.41) is 9.39. The second-order valence-corrected chi connectivity index (χ2v) is 8.79. The number of aliphatic hydroxyl groups is 1. The van der Waals surface area contributed by atoms with Gasteiger partial charge in [0, 0.05) is 6.61 Å². The SMILES string of the molecule is CC(C)(C)CCCC(CO)C1CCS(=O)(=O)C1. The van der Waals surface area contributed by atoms with Crippen LogP contribution in [0.25, 0.3) is 0 Å². The van der Waals surface area contributed by atoms with E-state index in [1.165, 1.54) is 0 Å². The molecule has 1 fully saturated rings. The Hall–Kier alpha value is -0.0900. The molecule has 0 aromatic heterocycles. The molecule has 0 saturated carbocycles. The highest BCUT2D eigenvalue weighted by Crippen LogP contribution is 2.31. The summed E-state index contributed by atoms with van der Waals surface area (Å²) < 4.78 is 22.8. The Labute approximate surface area is 106 Å². The summed E-state index contributed by atoms with van der Waals surface area (Å²) in [7, 11) is -2.82. The predicted octanol–water partition coefficient (Wildman–Crippen LogP) is 2.25. The summed E-state index contributed by atoms with van der Waals surface area (Å²) in [6.07, 6.45) is 3.89. The van der Waals surface area contributed by atoms with Crippen LogP contribution in [0.3, 0.4) is 0 Å². The molecule has 0 aromatic rings. The molecule has 0 spiro atoms. The average Bonchev–Trinajstić information content (AvgIpc) is 2.52. The van der Waals surface area contributed by atoms with Gasteiger partial charge >= 0.3 is 0 Å². The molecule has 0 bridgehead atoms. The summed E-state index contributed by atoms with van der Waals surface area (Å²) in [4.78, 5) is 0. The van der Waals surface area contributed by atoms with E-state index in [0.29, 0.717) is 11.2 Å². The lowest BCUT2D eigenvalue weighted by Crippen LogP contribution is -2.20. The van der Waals surface area contributed by atoms with Gasteiger partial charge in [-0.1, -0.05) is 27.2 Å². The highest BCUT2D eigenvalue weighted by molar-refractivity contribution is 7.91. The van der Waals surface area contributed by atoms with Crippen LogP contribution in [0.5, 0.6) is 0 Å². The zero-order valence-corrected chi connectivity index (χ0v) is 12.1. The summed E-state index contributed by atoms with van der Waals surface area (Å²) in [5.41, 5.74) is 0.321. The van der Waals surface area contributed by atoms with Gasteiger partial charge in [-0.2, -0.15) is 0 Å². The second kappa shape index (κ2) is 5.70. The monoisotopic (exact) mass is 262 g/mol. The smallest absolute Gasteiger partial charge is 0.150 e. The normalized spacial score (nSPS) is 26.0. The molecule has 17 heavy (non-hydrogen) atoms. The van der Waals surface area contributed by atoms with E-state index in [-0.39, 0.29) is 24.2 Å². The van der Waals surface area contributed by atoms with Gasteiger partial charge in [-0.05, 0) is 36.5 Å². The van der Waals surface area contributed by atoms with Crippen molar-refractivity contribution in [3.8, 4) is 0 Å². The fourth-order valence-corrected chi connectivity index (χ4v) is 4.49. The summed E-state index contributed by atoms with van der Waals surface area (Å²) in [6.45, 7) is 6.76. The minimum atomic E-state index is -2.82. The van der Waals surface area contributed by atoms with Gasteiger partial charge in [0.1, 0.15) is 0 Å². The molecule has 2 atom stereocenters. The van der Waals surface area contributed by atoms with Crippen molar-refractivity contribution < 1.29 is 13.5 Å². The number of sulfone groups is 1. The van der Waals surface area contributed by atoms with Gasteiger partial charge in [0.15, 0.2) is 9.84 Å². The lowest BCUT2D eigenvalue weighted by atomic mass is 9.84. The van der Waals surface area contributed by atoms with Crippen LogP contribution in [-0.4, -0.2) is 31.6 Å². The highest BCUT2D eigenvalue weighted by atomic mass is 32.2. The topological polar surface area (TPSA) is 54.4 Å². The number of aliphatic hydroxyl groups excluding tert-OH is 1. The Morgan fingerprint density at radius 1 is 1.35 bits per heavy atom. The van der Waals surface area contributed by atoms with Crippen molar-refractivity contribution in [1.29, 1.82) is 0 Å². The van der Waals surface area contributed by atoms with Gasteiger partial charge in [-0.25, -0.2) is 8.42 Å². The van der Waals surface area contributed by atoms with Crippen LogP contribution >= 0.6 is 0 Å². The first-order valence-electron chi connectivity index (χ1n) is 6.55. The van der Waals surface area contributed by atoms with Gasteiger partial charge in [0.25, 0.3) is 0 Å². The molecule has 1 aliphatic rings. The van der Waals surface area contributed by atoms with Gasteiger partial charge < -0.3 is 5.11 Å². The molecule has 4 heteroatoms. The van der Waals surface area contributed by atoms with Gasteiger partial charge in [-0.15, -0.1) is 0 Å². The van der Waals surface area contributed by atoms with Gasteiger partial charge in [0.05, 0.1) is 11.5 Å². The van der Waals surface area contributed by atoms with E-state index in [0.717, 1.165) is 25.7 Å². The van der Waals surface area contributed by atoms with Crippen molar-refractivity contribution in [2.45, 2.75) is 46.5 Å².